The number of anilines is 1. The lowest BCUT2D eigenvalue weighted by Crippen LogP contribution is -2.51. The Morgan fingerprint density at radius 3 is 2.45 bits per heavy atom. The van der Waals surface area contributed by atoms with Crippen molar-refractivity contribution in [3.8, 4) is 0 Å². The maximum Gasteiger partial charge on any atom is 0.228 e. The number of piperazine rings is 1. The molecule has 1 saturated carbocycles. The van der Waals surface area contributed by atoms with Crippen molar-refractivity contribution in [3.05, 3.63) is 24.5 Å². The highest BCUT2D eigenvalue weighted by molar-refractivity contribution is 5.80. The van der Waals surface area contributed by atoms with Gasteiger partial charge in [0.1, 0.15) is 0 Å². The van der Waals surface area contributed by atoms with Gasteiger partial charge in [-0.25, -0.2) is 0 Å². The highest BCUT2D eigenvalue weighted by Crippen LogP contribution is 2.28. The highest BCUT2D eigenvalue weighted by atomic mass is 16.3. The van der Waals surface area contributed by atoms with Gasteiger partial charge in [-0.15, -0.1) is 0 Å². The van der Waals surface area contributed by atoms with Crippen molar-refractivity contribution in [2.24, 2.45) is 5.92 Å². The molecule has 0 bridgehead atoms. The summed E-state index contributed by atoms with van der Waals surface area (Å²) in [6.45, 7) is 3.17. The number of nitrogens with zero attached hydrogens (tertiary/aromatic N) is 3. The van der Waals surface area contributed by atoms with Gasteiger partial charge in [-0.05, 0) is 31.4 Å². The Morgan fingerprint density at radius 2 is 1.85 bits per heavy atom. The van der Waals surface area contributed by atoms with Crippen LogP contribution in [0.25, 0.3) is 0 Å². The van der Waals surface area contributed by atoms with Crippen molar-refractivity contribution in [2.45, 2.75) is 25.4 Å². The van der Waals surface area contributed by atoms with E-state index in [9.17, 15) is 9.90 Å². The molecule has 3 rings (SSSR count). The van der Waals surface area contributed by atoms with E-state index in [-0.39, 0.29) is 11.8 Å². The number of carbonyl (C=O) groups excluding carboxylic acids is 1. The average molecular weight is 275 g/mol. The smallest absolute Gasteiger partial charge is 0.228 e. The first-order valence-corrected chi connectivity index (χ1v) is 7.37. The molecule has 1 aromatic rings. The fraction of sp³-hybridized carbons (Fsp3) is 0.600. The molecule has 0 radical (unpaired) electrons. The molecule has 1 saturated heterocycles. The van der Waals surface area contributed by atoms with Crippen LogP contribution in [0.4, 0.5) is 5.69 Å². The second kappa shape index (κ2) is 5.79. The van der Waals surface area contributed by atoms with E-state index in [4.69, 9.17) is 0 Å². The van der Waals surface area contributed by atoms with Crippen LogP contribution in [0.3, 0.4) is 0 Å². The number of hydrogen-bond donors (Lipinski definition) is 1. The Morgan fingerprint density at radius 1 is 1.15 bits per heavy atom. The van der Waals surface area contributed by atoms with Gasteiger partial charge < -0.3 is 14.9 Å². The maximum atomic E-state index is 12.4. The Balaban J connectivity index is 1.57. The first kappa shape index (κ1) is 13.4. The second-order valence-corrected chi connectivity index (χ2v) is 5.62. The molecule has 1 aliphatic carbocycles. The average Bonchev–Trinajstić information content (AvgIpc) is 2.94. The minimum absolute atomic E-state index is 0.143. The lowest BCUT2D eigenvalue weighted by molar-refractivity contribution is -0.138. The molecule has 2 aliphatic rings. The van der Waals surface area contributed by atoms with E-state index in [1.165, 1.54) is 0 Å². The zero-order chi connectivity index (χ0) is 13.9. The number of rotatable bonds is 2. The summed E-state index contributed by atoms with van der Waals surface area (Å²) in [4.78, 5) is 20.6. The summed E-state index contributed by atoms with van der Waals surface area (Å²) in [6.07, 6.45) is 5.73. The molecule has 20 heavy (non-hydrogen) atoms. The van der Waals surface area contributed by atoms with Crippen LogP contribution < -0.4 is 4.90 Å². The fourth-order valence-electron chi connectivity index (χ4n) is 3.20. The van der Waals surface area contributed by atoms with Crippen molar-refractivity contribution >= 4 is 11.6 Å². The van der Waals surface area contributed by atoms with Crippen molar-refractivity contribution in [1.29, 1.82) is 0 Å². The van der Waals surface area contributed by atoms with Crippen LogP contribution in [0.5, 0.6) is 0 Å². The minimum Gasteiger partial charge on any atom is -0.392 e. The van der Waals surface area contributed by atoms with Gasteiger partial charge in [0, 0.05) is 44.3 Å². The van der Waals surface area contributed by atoms with E-state index < -0.39 is 6.10 Å². The fourth-order valence-corrected chi connectivity index (χ4v) is 3.20. The summed E-state index contributed by atoms with van der Waals surface area (Å²) in [5, 5.41) is 9.86. The summed E-state index contributed by atoms with van der Waals surface area (Å²) >= 11 is 0. The lowest BCUT2D eigenvalue weighted by Gasteiger charge is -2.37. The van der Waals surface area contributed by atoms with E-state index >= 15 is 0 Å². The summed E-state index contributed by atoms with van der Waals surface area (Å²) in [5.41, 5.74) is 1.16. The second-order valence-electron chi connectivity index (χ2n) is 5.62. The van der Waals surface area contributed by atoms with E-state index in [1.54, 1.807) is 12.4 Å². The summed E-state index contributed by atoms with van der Waals surface area (Å²) in [7, 11) is 0. The van der Waals surface area contributed by atoms with Crippen LogP contribution in [0.2, 0.25) is 0 Å². The van der Waals surface area contributed by atoms with Crippen LogP contribution in [-0.2, 0) is 4.79 Å². The molecular weight excluding hydrogens is 254 g/mol. The van der Waals surface area contributed by atoms with Gasteiger partial charge in [-0.1, -0.05) is 0 Å². The van der Waals surface area contributed by atoms with Crippen LogP contribution >= 0.6 is 0 Å². The van der Waals surface area contributed by atoms with Crippen LogP contribution in [-0.4, -0.2) is 53.2 Å². The number of carbonyl (C=O) groups is 1. The zero-order valence-electron chi connectivity index (χ0n) is 11.6. The molecule has 2 fully saturated rings. The van der Waals surface area contributed by atoms with E-state index in [1.807, 2.05) is 17.0 Å². The van der Waals surface area contributed by atoms with E-state index in [2.05, 4.69) is 9.88 Å². The lowest BCUT2D eigenvalue weighted by atomic mass is 10.0. The standard InChI is InChI=1S/C15H21N3O2/c19-14-3-1-2-13(14)15(20)18-10-8-17(9-11-18)12-4-6-16-7-5-12/h4-7,13-14,19H,1-3,8-11H2. The topological polar surface area (TPSA) is 56.7 Å². The van der Waals surface area contributed by atoms with Crippen molar-refractivity contribution < 1.29 is 9.90 Å². The number of aromatic nitrogens is 1. The predicted molar refractivity (Wildman–Crippen MR) is 76.4 cm³/mol. The molecule has 2 unspecified atom stereocenters. The van der Waals surface area contributed by atoms with Crippen LogP contribution in [0.15, 0.2) is 24.5 Å². The molecular formula is C15H21N3O2. The molecule has 1 aliphatic heterocycles. The van der Waals surface area contributed by atoms with Gasteiger partial charge in [0.2, 0.25) is 5.91 Å². The van der Waals surface area contributed by atoms with Gasteiger partial charge in [-0.2, -0.15) is 0 Å². The maximum absolute atomic E-state index is 12.4. The Bertz CT molecular complexity index is 457. The number of amides is 1. The quantitative estimate of drug-likeness (QED) is 0.871. The number of aliphatic hydroxyl groups is 1. The molecule has 1 amide bonds. The summed E-state index contributed by atoms with van der Waals surface area (Å²) in [5.74, 6) is -0.0214. The van der Waals surface area contributed by atoms with Crippen molar-refractivity contribution in [1.82, 2.24) is 9.88 Å². The zero-order valence-corrected chi connectivity index (χ0v) is 11.6. The molecule has 2 heterocycles. The summed E-state index contributed by atoms with van der Waals surface area (Å²) in [6, 6.07) is 4.00. The van der Waals surface area contributed by atoms with Crippen LogP contribution in [0, 0.1) is 5.92 Å². The first-order chi connectivity index (χ1) is 9.75. The van der Waals surface area contributed by atoms with Gasteiger partial charge in [0.25, 0.3) is 0 Å². The molecule has 108 valence electrons. The third kappa shape index (κ3) is 2.63. The third-order valence-electron chi connectivity index (χ3n) is 4.42. The number of pyridine rings is 1. The SMILES string of the molecule is O=C(C1CCCC1O)N1CCN(c2ccncc2)CC1. The Hall–Kier alpha value is -1.62. The van der Waals surface area contributed by atoms with Crippen molar-refractivity contribution in [3.63, 3.8) is 0 Å². The molecule has 1 aromatic heterocycles. The summed E-state index contributed by atoms with van der Waals surface area (Å²) < 4.78 is 0. The Labute approximate surface area is 119 Å². The van der Waals surface area contributed by atoms with Crippen LogP contribution in [0.1, 0.15) is 19.3 Å². The van der Waals surface area contributed by atoms with Crippen molar-refractivity contribution in [2.75, 3.05) is 31.1 Å². The molecule has 1 N–H and O–H groups in total. The predicted octanol–water partition coefficient (Wildman–Crippen LogP) is 0.891. The molecule has 2 atom stereocenters. The monoisotopic (exact) mass is 275 g/mol. The largest absolute Gasteiger partial charge is 0.392 e. The molecule has 0 spiro atoms. The number of aliphatic hydroxyl groups excluding tert-OH is 1. The van der Waals surface area contributed by atoms with E-state index in [0.29, 0.717) is 0 Å². The molecule has 5 heteroatoms. The van der Waals surface area contributed by atoms with Gasteiger partial charge in [0.15, 0.2) is 0 Å². The Kier molecular flexibility index (Phi) is 3.87. The minimum atomic E-state index is -0.430. The van der Waals surface area contributed by atoms with E-state index in [0.717, 1.165) is 51.1 Å². The van der Waals surface area contributed by atoms with Gasteiger partial charge in [0.05, 0.1) is 12.0 Å². The van der Waals surface area contributed by atoms with Gasteiger partial charge >= 0.3 is 0 Å². The molecule has 5 nitrogen and oxygen atoms in total. The van der Waals surface area contributed by atoms with Gasteiger partial charge in [-0.3, -0.25) is 9.78 Å². The highest BCUT2D eigenvalue weighted by Gasteiger charge is 2.35. The number of hydrogen-bond acceptors (Lipinski definition) is 4. The third-order valence-corrected chi connectivity index (χ3v) is 4.42. The normalized spacial score (nSPS) is 26.9. The molecule has 0 aromatic carbocycles. The first-order valence-electron chi connectivity index (χ1n) is 7.37.